The molecule has 23 heavy (non-hydrogen) atoms. The van der Waals surface area contributed by atoms with Gasteiger partial charge < -0.3 is 14.6 Å². The van der Waals surface area contributed by atoms with E-state index >= 15 is 0 Å². The molecule has 0 aliphatic heterocycles. The summed E-state index contributed by atoms with van der Waals surface area (Å²) in [4.78, 5) is 16.1. The van der Waals surface area contributed by atoms with Gasteiger partial charge in [-0.05, 0) is 39.5 Å². The second kappa shape index (κ2) is 7.84. The predicted molar refractivity (Wildman–Crippen MR) is 91.5 cm³/mol. The van der Waals surface area contributed by atoms with Gasteiger partial charge in [0.1, 0.15) is 5.60 Å². The van der Waals surface area contributed by atoms with Gasteiger partial charge in [-0.25, -0.2) is 9.78 Å². The summed E-state index contributed by atoms with van der Waals surface area (Å²) in [6, 6.07) is 0.563. The van der Waals surface area contributed by atoms with E-state index < -0.39 is 5.60 Å². The molecule has 1 fully saturated rings. The van der Waals surface area contributed by atoms with Crippen LogP contribution in [0.3, 0.4) is 0 Å². The quantitative estimate of drug-likeness (QED) is 0.888. The lowest BCUT2D eigenvalue weighted by atomic mass is 9.82. The number of hydrogen-bond donors (Lipinski definition) is 1. The number of nitrogens with one attached hydrogen (secondary N) is 1. The monoisotopic (exact) mass is 321 g/mol. The van der Waals surface area contributed by atoms with Crippen molar-refractivity contribution >= 4 is 6.09 Å². The number of rotatable bonds is 5. The summed E-state index contributed by atoms with van der Waals surface area (Å²) in [6.07, 6.45) is 10.7. The number of carbonyl (C=O) groups excluding carboxylic acids is 1. The van der Waals surface area contributed by atoms with E-state index in [0.717, 1.165) is 12.3 Å². The lowest BCUT2D eigenvalue weighted by Crippen LogP contribution is -2.34. The molecular formula is C18H31N3O2. The van der Waals surface area contributed by atoms with Crippen LogP contribution in [0.5, 0.6) is 0 Å². The molecule has 0 aromatic carbocycles. The first kappa shape index (κ1) is 17.8. The third-order valence-corrected chi connectivity index (χ3v) is 4.55. The van der Waals surface area contributed by atoms with Gasteiger partial charge >= 0.3 is 6.09 Å². The third-order valence-electron chi connectivity index (χ3n) is 4.55. The van der Waals surface area contributed by atoms with E-state index in [9.17, 15) is 4.79 Å². The summed E-state index contributed by atoms with van der Waals surface area (Å²) in [5.74, 6) is 0.746. The molecule has 130 valence electrons. The van der Waals surface area contributed by atoms with Gasteiger partial charge in [0.15, 0.2) is 0 Å². The molecule has 0 radical (unpaired) electrons. The summed E-state index contributed by atoms with van der Waals surface area (Å²) in [7, 11) is 0. The zero-order chi connectivity index (χ0) is 16.9. The van der Waals surface area contributed by atoms with Gasteiger partial charge in [0.25, 0.3) is 0 Å². The maximum absolute atomic E-state index is 11.7. The zero-order valence-electron chi connectivity index (χ0n) is 15.0. The van der Waals surface area contributed by atoms with Crippen LogP contribution in [0.2, 0.25) is 0 Å². The van der Waals surface area contributed by atoms with Crippen molar-refractivity contribution in [2.75, 3.05) is 6.54 Å². The fraction of sp³-hybridized carbons (Fsp3) is 0.778. The maximum atomic E-state index is 11.7. The molecule has 1 aromatic rings. The molecule has 0 bridgehead atoms. The number of ether oxygens (including phenoxy) is 1. The highest BCUT2D eigenvalue weighted by molar-refractivity contribution is 5.67. The normalized spacial score (nSPS) is 21.9. The molecule has 2 unspecified atom stereocenters. The number of alkyl carbamates (subject to hydrolysis) is 1. The van der Waals surface area contributed by atoms with Gasteiger partial charge in [-0.15, -0.1) is 0 Å². The molecule has 5 nitrogen and oxygen atoms in total. The van der Waals surface area contributed by atoms with E-state index in [4.69, 9.17) is 4.74 Å². The van der Waals surface area contributed by atoms with Gasteiger partial charge in [-0.2, -0.15) is 0 Å². The van der Waals surface area contributed by atoms with E-state index in [1.165, 1.54) is 37.8 Å². The number of carbonyl (C=O) groups is 1. The topological polar surface area (TPSA) is 56.2 Å². The Morgan fingerprint density at radius 3 is 2.83 bits per heavy atom. The van der Waals surface area contributed by atoms with Crippen LogP contribution in [0.25, 0.3) is 0 Å². The van der Waals surface area contributed by atoms with Crippen LogP contribution >= 0.6 is 0 Å². The fourth-order valence-electron chi connectivity index (χ4n) is 3.46. The zero-order valence-corrected chi connectivity index (χ0v) is 15.0. The second-order valence-electron chi connectivity index (χ2n) is 7.49. The first-order chi connectivity index (χ1) is 10.9. The van der Waals surface area contributed by atoms with E-state index in [-0.39, 0.29) is 6.09 Å². The predicted octanol–water partition coefficient (Wildman–Crippen LogP) is 4.09. The maximum Gasteiger partial charge on any atom is 0.407 e. The van der Waals surface area contributed by atoms with Crippen molar-refractivity contribution in [2.24, 2.45) is 5.92 Å². The number of hydrogen-bond acceptors (Lipinski definition) is 3. The minimum atomic E-state index is -0.456. The average Bonchev–Trinajstić information content (AvgIpc) is 2.93. The molecule has 2 rings (SSSR count). The Hall–Kier alpha value is -1.52. The Bertz CT molecular complexity index is 505. The molecule has 1 aliphatic rings. The number of aromatic nitrogens is 2. The van der Waals surface area contributed by atoms with Crippen molar-refractivity contribution in [3.05, 3.63) is 18.2 Å². The highest BCUT2D eigenvalue weighted by Gasteiger charge is 2.26. The first-order valence-electron chi connectivity index (χ1n) is 8.88. The summed E-state index contributed by atoms with van der Waals surface area (Å²) in [6.45, 7) is 8.47. The van der Waals surface area contributed by atoms with Crippen LogP contribution in [0.15, 0.2) is 12.5 Å². The number of nitrogens with zero attached hydrogens (tertiary/aromatic N) is 2. The minimum Gasteiger partial charge on any atom is -0.444 e. The Morgan fingerprint density at radius 1 is 1.39 bits per heavy atom. The van der Waals surface area contributed by atoms with Crippen LogP contribution in [0.4, 0.5) is 4.79 Å². The van der Waals surface area contributed by atoms with Gasteiger partial charge in [0, 0.05) is 30.9 Å². The van der Waals surface area contributed by atoms with E-state index in [1.807, 2.05) is 33.3 Å². The molecule has 1 aromatic heterocycles. The number of amides is 1. The summed E-state index contributed by atoms with van der Waals surface area (Å²) in [5, 5.41) is 2.83. The van der Waals surface area contributed by atoms with Crippen LogP contribution in [-0.2, 0) is 11.2 Å². The molecule has 2 atom stereocenters. The van der Waals surface area contributed by atoms with E-state index in [1.54, 1.807) is 0 Å². The summed E-state index contributed by atoms with van der Waals surface area (Å²) in [5.41, 5.74) is 0.744. The van der Waals surface area contributed by atoms with Crippen molar-refractivity contribution in [2.45, 2.75) is 77.9 Å². The van der Waals surface area contributed by atoms with Crippen molar-refractivity contribution in [3.8, 4) is 0 Å². The Balaban J connectivity index is 1.90. The highest BCUT2D eigenvalue weighted by Crippen LogP contribution is 2.36. The van der Waals surface area contributed by atoms with Gasteiger partial charge in [-0.3, -0.25) is 0 Å². The Kier molecular flexibility index (Phi) is 6.08. The summed E-state index contributed by atoms with van der Waals surface area (Å²) >= 11 is 0. The molecule has 5 heteroatoms. The summed E-state index contributed by atoms with van der Waals surface area (Å²) < 4.78 is 7.60. The second-order valence-corrected chi connectivity index (χ2v) is 7.49. The largest absolute Gasteiger partial charge is 0.444 e. The van der Waals surface area contributed by atoms with E-state index in [0.29, 0.717) is 12.6 Å². The fourth-order valence-corrected chi connectivity index (χ4v) is 3.46. The van der Waals surface area contributed by atoms with Gasteiger partial charge in [0.05, 0.1) is 6.33 Å². The standard InChI is InChI=1S/C18H31N3O2/c1-5-14-8-6-7-9-16(14)21-13-19-12-15(21)10-11-20-17(22)23-18(2,3)4/h12-14,16H,5-11H2,1-4H3,(H,20,22). The van der Waals surface area contributed by atoms with Crippen molar-refractivity contribution in [3.63, 3.8) is 0 Å². The minimum absolute atomic E-state index is 0.354. The van der Waals surface area contributed by atoms with Crippen LogP contribution in [0.1, 0.15) is 71.5 Å². The average molecular weight is 321 g/mol. The molecule has 0 saturated heterocycles. The molecule has 0 spiro atoms. The van der Waals surface area contributed by atoms with Crippen molar-refractivity contribution in [1.82, 2.24) is 14.9 Å². The van der Waals surface area contributed by atoms with Gasteiger partial charge in [0.2, 0.25) is 0 Å². The smallest absolute Gasteiger partial charge is 0.407 e. The lowest BCUT2D eigenvalue weighted by Gasteiger charge is -2.33. The van der Waals surface area contributed by atoms with E-state index in [2.05, 4.69) is 21.8 Å². The van der Waals surface area contributed by atoms with Crippen molar-refractivity contribution in [1.29, 1.82) is 0 Å². The molecule has 1 amide bonds. The Labute approximate surface area is 139 Å². The van der Waals surface area contributed by atoms with Crippen LogP contribution in [0, 0.1) is 5.92 Å². The SMILES string of the molecule is CCC1CCCCC1n1cncc1CCNC(=O)OC(C)(C)C. The van der Waals surface area contributed by atoms with Gasteiger partial charge in [-0.1, -0.05) is 26.2 Å². The third kappa shape index (κ3) is 5.26. The van der Waals surface area contributed by atoms with Crippen molar-refractivity contribution < 1.29 is 9.53 Å². The highest BCUT2D eigenvalue weighted by atomic mass is 16.6. The molecule has 1 N–H and O–H groups in total. The lowest BCUT2D eigenvalue weighted by molar-refractivity contribution is 0.0528. The molecular weight excluding hydrogens is 290 g/mol. The van der Waals surface area contributed by atoms with Crippen LogP contribution in [-0.4, -0.2) is 27.8 Å². The number of imidazole rings is 1. The molecule has 1 saturated carbocycles. The molecule has 1 aliphatic carbocycles. The molecule has 1 heterocycles. The van der Waals surface area contributed by atoms with Crippen LogP contribution < -0.4 is 5.32 Å². The first-order valence-corrected chi connectivity index (χ1v) is 8.88. The Morgan fingerprint density at radius 2 is 2.13 bits per heavy atom.